The van der Waals surface area contributed by atoms with Gasteiger partial charge in [-0.05, 0) is 74.1 Å². The smallest absolute Gasteiger partial charge is 0.262 e. The third kappa shape index (κ3) is 3.82. The Bertz CT molecular complexity index is 750. The number of nitrogens with one attached hydrogen (secondary N) is 1. The van der Waals surface area contributed by atoms with E-state index in [2.05, 4.69) is 11.4 Å². The minimum Gasteiger partial charge on any atom is -0.484 e. The number of ketones is 1. The zero-order valence-electron chi connectivity index (χ0n) is 13.8. The standard InChI is InChI=1S/C20H21NO3/c1-14(22)15-9-11-17(12-10-15)24-13-20(23)21-19-8-4-6-16-5-2-3-7-18(16)19/h4,6,8-12H,2-3,5,7,13H2,1H3,(H,21,23). The number of anilines is 1. The number of fused-ring (bicyclic) bond motifs is 1. The first kappa shape index (κ1) is 16.2. The maximum Gasteiger partial charge on any atom is 0.262 e. The van der Waals surface area contributed by atoms with Gasteiger partial charge < -0.3 is 10.1 Å². The Morgan fingerprint density at radius 2 is 1.79 bits per heavy atom. The Morgan fingerprint density at radius 3 is 2.54 bits per heavy atom. The molecule has 124 valence electrons. The number of benzene rings is 2. The molecule has 0 heterocycles. The molecule has 0 fully saturated rings. The Morgan fingerprint density at radius 1 is 1.04 bits per heavy atom. The molecule has 1 amide bonds. The van der Waals surface area contributed by atoms with Crippen molar-refractivity contribution in [1.82, 2.24) is 0 Å². The summed E-state index contributed by atoms with van der Waals surface area (Å²) >= 11 is 0. The monoisotopic (exact) mass is 323 g/mol. The SMILES string of the molecule is CC(=O)c1ccc(OCC(=O)Nc2cccc3c2CCCC3)cc1. The van der Waals surface area contributed by atoms with E-state index < -0.39 is 0 Å². The van der Waals surface area contributed by atoms with Gasteiger partial charge in [0.2, 0.25) is 0 Å². The summed E-state index contributed by atoms with van der Waals surface area (Å²) in [4.78, 5) is 23.4. The van der Waals surface area contributed by atoms with Crippen LogP contribution in [0.15, 0.2) is 42.5 Å². The first-order chi connectivity index (χ1) is 11.6. The van der Waals surface area contributed by atoms with Crippen molar-refractivity contribution in [2.75, 3.05) is 11.9 Å². The summed E-state index contributed by atoms with van der Waals surface area (Å²) in [6.07, 6.45) is 4.47. The van der Waals surface area contributed by atoms with Gasteiger partial charge in [0, 0.05) is 11.3 Å². The maximum atomic E-state index is 12.2. The second-order valence-electron chi connectivity index (χ2n) is 6.07. The molecule has 3 rings (SSSR count). The number of Topliss-reactive ketones (excluding diaryl/α,β-unsaturated/α-hetero) is 1. The quantitative estimate of drug-likeness (QED) is 0.852. The van der Waals surface area contributed by atoms with E-state index >= 15 is 0 Å². The summed E-state index contributed by atoms with van der Waals surface area (Å²) in [6.45, 7) is 1.47. The van der Waals surface area contributed by atoms with Crippen LogP contribution in [0.2, 0.25) is 0 Å². The van der Waals surface area contributed by atoms with Gasteiger partial charge in [-0.15, -0.1) is 0 Å². The van der Waals surface area contributed by atoms with E-state index in [-0.39, 0.29) is 18.3 Å². The summed E-state index contributed by atoms with van der Waals surface area (Å²) in [5, 5.41) is 2.95. The minimum atomic E-state index is -0.176. The molecule has 0 unspecified atom stereocenters. The van der Waals surface area contributed by atoms with Crippen molar-refractivity contribution in [2.24, 2.45) is 0 Å². The van der Waals surface area contributed by atoms with Crippen molar-refractivity contribution in [2.45, 2.75) is 32.6 Å². The van der Waals surface area contributed by atoms with E-state index in [9.17, 15) is 9.59 Å². The fourth-order valence-electron chi connectivity index (χ4n) is 3.02. The van der Waals surface area contributed by atoms with Crippen molar-refractivity contribution < 1.29 is 14.3 Å². The first-order valence-electron chi connectivity index (χ1n) is 8.28. The molecule has 0 aromatic heterocycles. The number of carbonyl (C=O) groups is 2. The van der Waals surface area contributed by atoms with Gasteiger partial charge in [-0.1, -0.05) is 12.1 Å². The normalized spacial score (nSPS) is 13.0. The highest BCUT2D eigenvalue weighted by molar-refractivity contribution is 5.94. The Hall–Kier alpha value is -2.62. The van der Waals surface area contributed by atoms with Crippen molar-refractivity contribution >= 4 is 17.4 Å². The van der Waals surface area contributed by atoms with Crippen LogP contribution in [0.4, 0.5) is 5.69 Å². The molecule has 1 aliphatic carbocycles. The van der Waals surface area contributed by atoms with Gasteiger partial charge in [0.25, 0.3) is 5.91 Å². The number of rotatable bonds is 5. The lowest BCUT2D eigenvalue weighted by atomic mass is 9.90. The highest BCUT2D eigenvalue weighted by atomic mass is 16.5. The molecule has 24 heavy (non-hydrogen) atoms. The van der Waals surface area contributed by atoms with Crippen LogP contribution in [-0.4, -0.2) is 18.3 Å². The summed E-state index contributed by atoms with van der Waals surface area (Å²) in [6, 6.07) is 12.9. The minimum absolute atomic E-state index is 0.00754. The van der Waals surface area contributed by atoms with Crippen LogP contribution in [0.1, 0.15) is 41.3 Å². The van der Waals surface area contributed by atoms with Crippen LogP contribution >= 0.6 is 0 Å². The van der Waals surface area contributed by atoms with Crippen molar-refractivity contribution in [3.63, 3.8) is 0 Å². The molecule has 0 bridgehead atoms. The summed E-state index contributed by atoms with van der Waals surface area (Å²) < 4.78 is 5.50. The van der Waals surface area contributed by atoms with E-state index in [0.29, 0.717) is 11.3 Å². The molecule has 0 saturated heterocycles. The Balaban J connectivity index is 1.59. The van der Waals surface area contributed by atoms with E-state index in [1.54, 1.807) is 24.3 Å². The lowest BCUT2D eigenvalue weighted by Gasteiger charge is -2.19. The van der Waals surface area contributed by atoms with E-state index in [1.807, 2.05) is 12.1 Å². The van der Waals surface area contributed by atoms with Crippen LogP contribution in [0.25, 0.3) is 0 Å². The summed E-state index contributed by atoms with van der Waals surface area (Å²) in [5.74, 6) is 0.406. The molecule has 1 aliphatic rings. The molecule has 4 heteroatoms. The molecule has 4 nitrogen and oxygen atoms in total. The average molecular weight is 323 g/mol. The van der Waals surface area contributed by atoms with Gasteiger partial charge in [-0.25, -0.2) is 0 Å². The highest BCUT2D eigenvalue weighted by Crippen LogP contribution is 2.27. The van der Waals surface area contributed by atoms with E-state index in [4.69, 9.17) is 4.74 Å². The number of carbonyl (C=O) groups excluding carboxylic acids is 2. The van der Waals surface area contributed by atoms with Crippen LogP contribution in [-0.2, 0) is 17.6 Å². The summed E-state index contributed by atoms with van der Waals surface area (Å²) in [7, 11) is 0. The molecule has 0 atom stereocenters. The second kappa shape index (κ2) is 7.30. The lowest BCUT2D eigenvalue weighted by molar-refractivity contribution is -0.118. The number of amides is 1. The fourth-order valence-corrected chi connectivity index (χ4v) is 3.02. The Labute approximate surface area is 141 Å². The van der Waals surface area contributed by atoms with Gasteiger partial charge in [0.15, 0.2) is 12.4 Å². The van der Waals surface area contributed by atoms with Crippen molar-refractivity contribution in [3.05, 3.63) is 59.2 Å². The molecule has 0 saturated carbocycles. The number of hydrogen-bond acceptors (Lipinski definition) is 3. The number of ether oxygens (including phenoxy) is 1. The van der Waals surface area contributed by atoms with Gasteiger partial charge >= 0.3 is 0 Å². The Kier molecular flexibility index (Phi) is 4.94. The van der Waals surface area contributed by atoms with Crippen LogP contribution in [0.3, 0.4) is 0 Å². The zero-order valence-corrected chi connectivity index (χ0v) is 13.8. The molecular formula is C20H21NO3. The van der Waals surface area contributed by atoms with Crippen LogP contribution in [0.5, 0.6) is 5.75 Å². The van der Waals surface area contributed by atoms with Gasteiger partial charge in [-0.2, -0.15) is 0 Å². The average Bonchev–Trinajstić information content (AvgIpc) is 2.61. The largest absolute Gasteiger partial charge is 0.484 e. The van der Waals surface area contributed by atoms with Crippen molar-refractivity contribution in [1.29, 1.82) is 0 Å². The van der Waals surface area contributed by atoms with Gasteiger partial charge in [0.05, 0.1) is 0 Å². The summed E-state index contributed by atoms with van der Waals surface area (Å²) in [5.41, 5.74) is 4.11. The second-order valence-corrected chi connectivity index (χ2v) is 6.07. The predicted octanol–water partition coefficient (Wildman–Crippen LogP) is 3.79. The van der Waals surface area contributed by atoms with E-state index in [1.165, 1.54) is 30.9 Å². The maximum absolute atomic E-state index is 12.2. The molecule has 0 spiro atoms. The third-order valence-corrected chi connectivity index (χ3v) is 4.30. The molecule has 2 aromatic rings. The van der Waals surface area contributed by atoms with E-state index in [0.717, 1.165) is 18.5 Å². The van der Waals surface area contributed by atoms with Gasteiger partial charge in [-0.3, -0.25) is 9.59 Å². The van der Waals surface area contributed by atoms with Crippen LogP contribution < -0.4 is 10.1 Å². The number of aryl methyl sites for hydroxylation is 1. The zero-order chi connectivity index (χ0) is 16.9. The number of hydrogen-bond donors (Lipinski definition) is 1. The highest BCUT2D eigenvalue weighted by Gasteiger charge is 2.14. The van der Waals surface area contributed by atoms with Crippen LogP contribution in [0, 0.1) is 0 Å². The fraction of sp³-hybridized carbons (Fsp3) is 0.300. The predicted molar refractivity (Wildman–Crippen MR) is 93.7 cm³/mol. The van der Waals surface area contributed by atoms with Gasteiger partial charge in [0.1, 0.15) is 5.75 Å². The molecule has 2 aromatic carbocycles. The molecule has 0 radical (unpaired) electrons. The topological polar surface area (TPSA) is 55.4 Å². The molecular weight excluding hydrogens is 302 g/mol. The lowest BCUT2D eigenvalue weighted by Crippen LogP contribution is -2.21. The molecule has 0 aliphatic heterocycles. The molecule has 1 N–H and O–H groups in total. The first-order valence-corrected chi connectivity index (χ1v) is 8.28. The van der Waals surface area contributed by atoms with Crippen molar-refractivity contribution in [3.8, 4) is 5.75 Å². The third-order valence-electron chi connectivity index (χ3n) is 4.30.